The normalized spacial score (nSPS) is 16.3. The molecular weight excluding hydrogens is 400 g/mol. The molecule has 1 aromatic heterocycles. The topological polar surface area (TPSA) is 80.5 Å². The SMILES string of the molecule is COc1cccc(-c2noc([C@@H]3CCCN(C(=O)Nc4ccc(SC)cc4)C3)n2)c1. The van der Waals surface area contributed by atoms with E-state index < -0.39 is 0 Å². The van der Waals surface area contributed by atoms with Gasteiger partial charge < -0.3 is 19.5 Å². The Kier molecular flexibility index (Phi) is 6.23. The fourth-order valence-electron chi connectivity index (χ4n) is 3.52. The van der Waals surface area contributed by atoms with Gasteiger partial charge >= 0.3 is 6.03 Å². The summed E-state index contributed by atoms with van der Waals surface area (Å²) in [5.74, 6) is 1.86. The third kappa shape index (κ3) is 4.59. The molecule has 1 saturated heterocycles. The van der Waals surface area contributed by atoms with E-state index in [2.05, 4.69) is 15.5 Å². The van der Waals surface area contributed by atoms with Gasteiger partial charge in [0.2, 0.25) is 11.7 Å². The number of nitrogens with zero attached hydrogens (tertiary/aromatic N) is 3. The Balaban J connectivity index is 1.42. The summed E-state index contributed by atoms with van der Waals surface area (Å²) in [7, 11) is 1.62. The van der Waals surface area contributed by atoms with Crippen molar-refractivity contribution in [2.75, 3.05) is 31.8 Å². The summed E-state index contributed by atoms with van der Waals surface area (Å²) in [6, 6.07) is 15.3. The zero-order valence-corrected chi connectivity index (χ0v) is 17.8. The van der Waals surface area contributed by atoms with Gasteiger partial charge in [-0.15, -0.1) is 11.8 Å². The number of piperidine rings is 1. The van der Waals surface area contributed by atoms with Crippen molar-refractivity contribution in [2.24, 2.45) is 0 Å². The van der Waals surface area contributed by atoms with E-state index in [-0.39, 0.29) is 11.9 Å². The molecule has 1 fully saturated rings. The number of likely N-dealkylation sites (tertiary alicyclic amines) is 1. The molecule has 1 aliphatic rings. The van der Waals surface area contributed by atoms with Gasteiger partial charge in [-0.2, -0.15) is 4.98 Å². The van der Waals surface area contributed by atoms with Gasteiger partial charge in [0.15, 0.2) is 0 Å². The van der Waals surface area contributed by atoms with Crippen molar-refractivity contribution in [3.05, 3.63) is 54.4 Å². The Morgan fingerprint density at radius 2 is 2.10 bits per heavy atom. The lowest BCUT2D eigenvalue weighted by Crippen LogP contribution is -2.41. The van der Waals surface area contributed by atoms with Crippen LogP contribution in [0.3, 0.4) is 0 Å². The van der Waals surface area contributed by atoms with Gasteiger partial charge in [-0.25, -0.2) is 4.79 Å². The second-order valence-corrected chi connectivity index (χ2v) is 8.01. The highest BCUT2D eigenvalue weighted by Crippen LogP contribution is 2.29. The molecule has 0 unspecified atom stereocenters. The summed E-state index contributed by atoms with van der Waals surface area (Å²) in [6.45, 7) is 1.26. The molecule has 0 bridgehead atoms. The van der Waals surface area contributed by atoms with E-state index in [1.54, 1.807) is 18.9 Å². The lowest BCUT2D eigenvalue weighted by Gasteiger charge is -2.31. The molecule has 1 atom stereocenters. The second-order valence-electron chi connectivity index (χ2n) is 7.13. The summed E-state index contributed by atoms with van der Waals surface area (Å²) in [6.07, 6.45) is 3.82. The molecule has 30 heavy (non-hydrogen) atoms. The first-order chi connectivity index (χ1) is 14.7. The average molecular weight is 425 g/mol. The highest BCUT2D eigenvalue weighted by molar-refractivity contribution is 7.98. The first-order valence-electron chi connectivity index (χ1n) is 9.84. The summed E-state index contributed by atoms with van der Waals surface area (Å²) in [5.41, 5.74) is 1.63. The van der Waals surface area contributed by atoms with Crippen molar-refractivity contribution in [3.63, 3.8) is 0 Å². The van der Waals surface area contributed by atoms with Gasteiger partial charge in [-0.3, -0.25) is 0 Å². The number of aromatic nitrogens is 2. The van der Waals surface area contributed by atoms with Crippen LogP contribution in [0.15, 0.2) is 57.9 Å². The standard InChI is InChI=1S/C22H24N4O3S/c1-28-18-7-3-5-15(13-18)20-24-21(29-25-20)16-6-4-12-26(14-16)22(27)23-17-8-10-19(30-2)11-9-17/h3,5,7-11,13,16H,4,6,12,14H2,1-2H3,(H,23,27)/t16-/m1/s1. The van der Waals surface area contributed by atoms with Crippen molar-refractivity contribution in [2.45, 2.75) is 23.7 Å². The van der Waals surface area contributed by atoms with Gasteiger partial charge in [0.1, 0.15) is 5.75 Å². The minimum absolute atomic E-state index is 0.0234. The van der Waals surface area contributed by atoms with Crippen molar-refractivity contribution >= 4 is 23.5 Å². The van der Waals surface area contributed by atoms with Crippen LogP contribution in [0.25, 0.3) is 11.4 Å². The van der Waals surface area contributed by atoms with Crippen molar-refractivity contribution in [3.8, 4) is 17.1 Å². The van der Waals surface area contributed by atoms with Crippen molar-refractivity contribution < 1.29 is 14.1 Å². The van der Waals surface area contributed by atoms with Crippen LogP contribution >= 0.6 is 11.8 Å². The summed E-state index contributed by atoms with van der Waals surface area (Å²) in [5, 5.41) is 7.10. The average Bonchev–Trinajstić information content (AvgIpc) is 3.30. The summed E-state index contributed by atoms with van der Waals surface area (Å²) < 4.78 is 10.8. The maximum atomic E-state index is 12.7. The maximum Gasteiger partial charge on any atom is 0.321 e. The first-order valence-corrected chi connectivity index (χ1v) is 11.1. The molecule has 3 aromatic rings. The van der Waals surface area contributed by atoms with Gasteiger partial charge in [0.05, 0.1) is 13.0 Å². The Morgan fingerprint density at radius 1 is 1.27 bits per heavy atom. The smallest absolute Gasteiger partial charge is 0.321 e. The van der Waals surface area contributed by atoms with Crippen molar-refractivity contribution in [1.82, 2.24) is 15.0 Å². The van der Waals surface area contributed by atoms with E-state index in [0.29, 0.717) is 24.8 Å². The number of hydrogen-bond donors (Lipinski definition) is 1. The lowest BCUT2D eigenvalue weighted by molar-refractivity contribution is 0.184. The van der Waals surface area contributed by atoms with Crippen LogP contribution in [0.4, 0.5) is 10.5 Å². The van der Waals surface area contributed by atoms with Gasteiger partial charge in [-0.1, -0.05) is 17.3 Å². The minimum Gasteiger partial charge on any atom is -0.497 e. The van der Waals surface area contributed by atoms with Crippen LogP contribution in [0.2, 0.25) is 0 Å². The molecule has 1 aliphatic heterocycles. The molecule has 1 N–H and O–H groups in total. The van der Waals surface area contributed by atoms with Crippen LogP contribution in [0, 0.1) is 0 Å². The number of carbonyl (C=O) groups excluding carboxylic acids is 1. The monoisotopic (exact) mass is 424 g/mol. The van der Waals surface area contributed by atoms with Crippen LogP contribution in [0.1, 0.15) is 24.7 Å². The third-order valence-electron chi connectivity index (χ3n) is 5.17. The fourth-order valence-corrected chi connectivity index (χ4v) is 3.93. The number of nitrogens with one attached hydrogen (secondary N) is 1. The molecule has 0 saturated carbocycles. The van der Waals surface area contributed by atoms with Crippen LogP contribution < -0.4 is 10.1 Å². The Hall–Kier alpha value is -3.00. The summed E-state index contributed by atoms with van der Waals surface area (Å²) >= 11 is 1.67. The summed E-state index contributed by atoms with van der Waals surface area (Å²) in [4.78, 5) is 20.3. The lowest BCUT2D eigenvalue weighted by atomic mass is 9.98. The second kappa shape index (κ2) is 9.21. The van der Waals surface area contributed by atoms with E-state index in [4.69, 9.17) is 9.26 Å². The number of thioether (sulfide) groups is 1. The molecular formula is C22H24N4O3S. The molecule has 0 aliphatic carbocycles. The molecule has 2 aromatic carbocycles. The van der Waals surface area contributed by atoms with Gasteiger partial charge in [0, 0.05) is 29.2 Å². The number of rotatable bonds is 5. The Labute approximate surface area is 179 Å². The van der Waals surface area contributed by atoms with Crippen LogP contribution in [0.5, 0.6) is 5.75 Å². The predicted octanol–water partition coefficient (Wildman–Crippen LogP) is 4.88. The van der Waals surface area contributed by atoms with Gasteiger partial charge in [-0.05, 0) is 55.5 Å². The third-order valence-corrected chi connectivity index (χ3v) is 5.91. The highest BCUT2D eigenvalue weighted by atomic mass is 32.2. The molecule has 0 radical (unpaired) electrons. The number of carbonyl (C=O) groups is 1. The first kappa shape index (κ1) is 20.3. The number of amides is 2. The zero-order valence-electron chi connectivity index (χ0n) is 17.0. The van der Waals surface area contributed by atoms with E-state index in [1.807, 2.05) is 59.7 Å². The zero-order chi connectivity index (χ0) is 20.9. The molecule has 2 amide bonds. The number of ether oxygens (including phenoxy) is 1. The van der Waals surface area contributed by atoms with E-state index in [1.165, 1.54) is 0 Å². The Bertz CT molecular complexity index is 1010. The molecule has 8 heteroatoms. The van der Waals surface area contributed by atoms with E-state index >= 15 is 0 Å². The van der Waals surface area contributed by atoms with E-state index in [9.17, 15) is 4.79 Å². The van der Waals surface area contributed by atoms with Crippen LogP contribution in [-0.2, 0) is 0 Å². The quantitative estimate of drug-likeness (QED) is 0.588. The Morgan fingerprint density at radius 3 is 2.87 bits per heavy atom. The van der Waals surface area contributed by atoms with E-state index in [0.717, 1.165) is 34.7 Å². The molecule has 7 nitrogen and oxygen atoms in total. The fraction of sp³-hybridized carbons (Fsp3) is 0.318. The molecule has 4 rings (SSSR count). The predicted molar refractivity (Wildman–Crippen MR) is 117 cm³/mol. The number of hydrogen-bond acceptors (Lipinski definition) is 6. The largest absolute Gasteiger partial charge is 0.497 e. The van der Waals surface area contributed by atoms with Crippen molar-refractivity contribution in [1.29, 1.82) is 0 Å². The molecule has 2 heterocycles. The minimum atomic E-state index is -0.107. The number of urea groups is 1. The molecule has 156 valence electrons. The number of benzene rings is 2. The number of anilines is 1. The van der Waals surface area contributed by atoms with Gasteiger partial charge in [0.25, 0.3) is 0 Å². The van der Waals surface area contributed by atoms with Crippen LogP contribution in [-0.4, -0.2) is 47.5 Å². The number of methoxy groups -OCH3 is 1. The molecule has 0 spiro atoms. The highest BCUT2D eigenvalue weighted by Gasteiger charge is 2.29. The maximum absolute atomic E-state index is 12.7.